The maximum Gasteiger partial charge on any atom is 0.303 e. The van der Waals surface area contributed by atoms with Gasteiger partial charge in [-0.1, -0.05) is 24.3 Å². The Hall–Kier alpha value is -1.05. The minimum Gasteiger partial charge on any atom is -0.458 e. The molecular formula is C14H20O2. The minimum atomic E-state index is -0.195. The van der Waals surface area contributed by atoms with Gasteiger partial charge in [-0.15, -0.1) is 0 Å². The molecule has 2 nitrogen and oxygen atoms in total. The summed E-state index contributed by atoms with van der Waals surface area (Å²) in [5, 5.41) is 0. The summed E-state index contributed by atoms with van der Waals surface area (Å²) in [4.78, 5) is 11.0. The first kappa shape index (κ1) is 11.4. The van der Waals surface area contributed by atoms with E-state index in [-0.39, 0.29) is 12.1 Å². The van der Waals surface area contributed by atoms with Crippen LogP contribution in [0.25, 0.3) is 0 Å². The molecule has 2 aliphatic rings. The Balaban J connectivity index is 2.03. The number of allylic oxidation sites excluding steroid dienone is 2. The summed E-state index contributed by atoms with van der Waals surface area (Å²) >= 11 is 0. The van der Waals surface area contributed by atoms with Crippen molar-refractivity contribution in [1.82, 2.24) is 0 Å². The average molecular weight is 220 g/mol. The molecule has 0 amide bonds. The Morgan fingerprint density at radius 1 is 1.56 bits per heavy atom. The molecule has 2 heteroatoms. The van der Waals surface area contributed by atoms with Crippen molar-refractivity contribution in [2.45, 2.75) is 39.2 Å². The van der Waals surface area contributed by atoms with Crippen LogP contribution in [0.15, 0.2) is 24.3 Å². The van der Waals surface area contributed by atoms with Crippen molar-refractivity contribution < 1.29 is 9.53 Å². The summed E-state index contributed by atoms with van der Waals surface area (Å²) in [6, 6.07) is 0. The number of esters is 1. The van der Waals surface area contributed by atoms with Crippen LogP contribution in [-0.2, 0) is 9.53 Å². The van der Waals surface area contributed by atoms with Gasteiger partial charge in [-0.3, -0.25) is 4.79 Å². The van der Waals surface area contributed by atoms with Gasteiger partial charge in [0.2, 0.25) is 0 Å². The second kappa shape index (κ2) is 4.44. The third kappa shape index (κ3) is 1.93. The highest BCUT2D eigenvalue weighted by molar-refractivity contribution is 5.66. The lowest BCUT2D eigenvalue weighted by Crippen LogP contribution is -2.28. The third-order valence-electron chi connectivity index (χ3n) is 4.10. The van der Waals surface area contributed by atoms with Crippen molar-refractivity contribution in [3.8, 4) is 0 Å². The van der Waals surface area contributed by atoms with Gasteiger partial charge in [0, 0.05) is 12.8 Å². The Kier molecular flexibility index (Phi) is 3.17. The van der Waals surface area contributed by atoms with Crippen LogP contribution in [0.2, 0.25) is 0 Å². The van der Waals surface area contributed by atoms with Gasteiger partial charge in [0.1, 0.15) is 6.10 Å². The first-order chi connectivity index (χ1) is 7.65. The molecule has 0 aromatic heterocycles. The van der Waals surface area contributed by atoms with E-state index in [2.05, 4.69) is 19.6 Å². The van der Waals surface area contributed by atoms with Crippen molar-refractivity contribution in [2.75, 3.05) is 0 Å². The van der Waals surface area contributed by atoms with E-state index in [1.165, 1.54) is 19.8 Å². The monoisotopic (exact) mass is 220 g/mol. The lowest BCUT2D eigenvalue weighted by atomic mass is 9.82. The molecule has 2 aliphatic carbocycles. The van der Waals surface area contributed by atoms with E-state index in [1.807, 2.05) is 0 Å². The van der Waals surface area contributed by atoms with Crippen molar-refractivity contribution in [3.63, 3.8) is 0 Å². The fourth-order valence-electron chi connectivity index (χ4n) is 3.42. The second-order valence-corrected chi connectivity index (χ2v) is 4.97. The first-order valence-corrected chi connectivity index (χ1v) is 6.10. The highest BCUT2D eigenvalue weighted by Gasteiger charge is 2.45. The molecule has 0 heterocycles. The zero-order valence-electron chi connectivity index (χ0n) is 10.1. The lowest BCUT2D eigenvalue weighted by Gasteiger charge is -2.28. The maximum atomic E-state index is 11.0. The Morgan fingerprint density at radius 2 is 2.31 bits per heavy atom. The summed E-state index contributed by atoms with van der Waals surface area (Å²) in [7, 11) is 0. The molecule has 2 rings (SSSR count). The van der Waals surface area contributed by atoms with Crippen LogP contribution in [0.1, 0.15) is 33.1 Å². The van der Waals surface area contributed by atoms with Crippen LogP contribution in [0.4, 0.5) is 0 Å². The van der Waals surface area contributed by atoms with Crippen molar-refractivity contribution in [3.05, 3.63) is 24.3 Å². The number of rotatable bonds is 3. The van der Waals surface area contributed by atoms with E-state index in [0.29, 0.717) is 11.8 Å². The quantitative estimate of drug-likeness (QED) is 0.539. The molecule has 0 radical (unpaired) electrons. The fourth-order valence-corrected chi connectivity index (χ4v) is 3.42. The lowest BCUT2D eigenvalue weighted by molar-refractivity contribution is -0.147. The predicted octanol–water partition coefficient (Wildman–Crippen LogP) is 3.10. The number of fused-ring (bicyclic) bond motifs is 2. The molecule has 2 saturated carbocycles. The van der Waals surface area contributed by atoms with E-state index < -0.39 is 0 Å². The number of ether oxygens (including phenoxy) is 1. The SMILES string of the molecule is C=CC(OC(C)=O)C1C[C@@H]2C[C@H]1CC2=CC. The molecule has 0 spiro atoms. The van der Waals surface area contributed by atoms with E-state index in [0.717, 1.165) is 12.3 Å². The van der Waals surface area contributed by atoms with Gasteiger partial charge < -0.3 is 4.74 Å². The van der Waals surface area contributed by atoms with Crippen LogP contribution in [0.3, 0.4) is 0 Å². The van der Waals surface area contributed by atoms with Crippen molar-refractivity contribution in [2.24, 2.45) is 17.8 Å². The van der Waals surface area contributed by atoms with Gasteiger partial charge in [0.15, 0.2) is 0 Å². The number of hydrogen-bond acceptors (Lipinski definition) is 2. The standard InChI is InChI=1S/C14H20O2/c1-4-10-6-12-7-11(10)8-13(12)14(5-2)16-9(3)15/h4-5,11-14H,2,6-8H2,1,3H3/t11-,12+,13?,14?/m0/s1. The van der Waals surface area contributed by atoms with Crippen LogP contribution in [0, 0.1) is 17.8 Å². The molecular weight excluding hydrogens is 200 g/mol. The van der Waals surface area contributed by atoms with Crippen LogP contribution in [-0.4, -0.2) is 12.1 Å². The molecule has 16 heavy (non-hydrogen) atoms. The number of hydrogen-bond donors (Lipinski definition) is 0. The second-order valence-electron chi connectivity index (χ2n) is 4.97. The Labute approximate surface area is 97.4 Å². The maximum absolute atomic E-state index is 11.0. The van der Waals surface area contributed by atoms with E-state index in [9.17, 15) is 4.79 Å². The molecule has 0 aromatic carbocycles. The van der Waals surface area contributed by atoms with Gasteiger partial charge in [0.25, 0.3) is 0 Å². The van der Waals surface area contributed by atoms with Crippen LogP contribution >= 0.6 is 0 Å². The summed E-state index contributed by atoms with van der Waals surface area (Å²) in [6.07, 6.45) is 7.60. The van der Waals surface area contributed by atoms with Crippen molar-refractivity contribution in [1.29, 1.82) is 0 Å². The van der Waals surface area contributed by atoms with E-state index in [4.69, 9.17) is 4.74 Å². The minimum absolute atomic E-state index is 0.0779. The molecule has 0 saturated heterocycles. The predicted molar refractivity (Wildman–Crippen MR) is 63.8 cm³/mol. The molecule has 0 aliphatic heterocycles. The zero-order valence-corrected chi connectivity index (χ0v) is 10.1. The highest BCUT2D eigenvalue weighted by atomic mass is 16.5. The Morgan fingerprint density at radius 3 is 2.75 bits per heavy atom. The number of carbonyl (C=O) groups is 1. The summed E-state index contributed by atoms with van der Waals surface area (Å²) in [5.74, 6) is 1.73. The van der Waals surface area contributed by atoms with Gasteiger partial charge in [-0.25, -0.2) is 0 Å². The summed E-state index contributed by atoms with van der Waals surface area (Å²) in [5.41, 5.74) is 1.60. The molecule has 2 unspecified atom stereocenters. The Bertz CT molecular complexity index is 330. The average Bonchev–Trinajstić information content (AvgIpc) is 2.83. The molecule has 88 valence electrons. The van der Waals surface area contributed by atoms with Gasteiger partial charge in [-0.05, 0) is 38.0 Å². The van der Waals surface area contributed by atoms with Gasteiger partial charge >= 0.3 is 5.97 Å². The van der Waals surface area contributed by atoms with E-state index >= 15 is 0 Å². The molecule has 0 N–H and O–H groups in total. The summed E-state index contributed by atoms with van der Waals surface area (Å²) in [6.45, 7) is 7.39. The zero-order chi connectivity index (χ0) is 11.7. The first-order valence-electron chi connectivity index (χ1n) is 6.10. The molecule has 0 aromatic rings. The van der Waals surface area contributed by atoms with Gasteiger partial charge in [-0.2, -0.15) is 0 Å². The molecule has 2 bridgehead atoms. The number of carbonyl (C=O) groups excluding carboxylic acids is 1. The van der Waals surface area contributed by atoms with Gasteiger partial charge in [0.05, 0.1) is 0 Å². The third-order valence-corrected chi connectivity index (χ3v) is 4.10. The largest absolute Gasteiger partial charge is 0.458 e. The topological polar surface area (TPSA) is 26.3 Å². The van der Waals surface area contributed by atoms with Crippen LogP contribution in [0.5, 0.6) is 0 Å². The summed E-state index contributed by atoms with van der Waals surface area (Å²) < 4.78 is 5.33. The van der Waals surface area contributed by atoms with Crippen LogP contribution < -0.4 is 0 Å². The highest BCUT2D eigenvalue weighted by Crippen LogP contribution is 2.53. The van der Waals surface area contributed by atoms with E-state index in [1.54, 1.807) is 11.6 Å². The smallest absolute Gasteiger partial charge is 0.303 e. The fraction of sp³-hybridized carbons (Fsp3) is 0.643. The normalized spacial score (nSPS) is 36.4. The molecule has 4 atom stereocenters. The molecule has 2 fully saturated rings. The van der Waals surface area contributed by atoms with Crippen molar-refractivity contribution >= 4 is 5.97 Å².